The van der Waals surface area contributed by atoms with Crippen LogP contribution in [0.1, 0.15) is 10.5 Å². The Hall–Kier alpha value is -1.74. The molecular weight excluding hydrogens is 226 g/mol. The number of hydrogen-bond donors (Lipinski definition) is 0. The smallest absolute Gasteiger partial charge is 0.166 e. The molecule has 16 heavy (non-hydrogen) atoms. The zero-order valence-electron chi connectivity index (χ0n) is 8.68. The molecule has 0 amide bonds. The van der Waals surface area contributed by atoms with Crippen LogP contribution in [0.4, 0.5) is 0 Å². The van der Waals surface area contributed by atoms with Crippen LogP contribution in [-0.4, -0.2) is 18.0 Å². The third-order valence-corrected chi connectivity index (χ3v) is 2.54. The van der Waals surface area contributed by atoms with E-state index >= 15 is 0 Å². The van der Waals surface area contributed by atoms with Gasteiger partial charge in [-0.25, -0.2) is 0 Å². The van der Waals surface area contributed by atoms with Gasteiger partial charge in [-0.3, -0.25) is 4.79 Å². The molecule has 1 aromatic carbocycles. The van der Waals surface area contributed by atoms with Gasteiger partial charge in [0.05, 0.1) is 18.5 Å². The van der Waals surface area contributed by atoms with Crippen molar-refractivity contribution >= 4 is 17.9 Å². The minimum Gasteiger partial charge on any atom is -0.495 e. The fourth-order valence-electron chi connectivity index (χ4n) is 1.56. The Morgan fingerprint density at radius 1 is 1.38 bits per heavy atom. The SMILES string of the molecule is COc1ccc(Cl)cc1-n1cccc1C=O. The standard InChI is InChI=1S/C12H10ClNO2/c1-16-12-5-4-9(13)7-11(12)14-6-2-3-10(14)8-15/h2-8H,1H3. The number of hydrogen-bond acceptors (Lipinski definition) is 2. The average Bonchev–Trinajstić information content (AvgIpc) is 2.76. The number of carbonyl (C=O) groups excluding carboxylic acids is 1. The van der Waals surface area contributed by atoms with Gasteiger partial charge in [0.15, 0.2) is 6.29 Å². The molecular formula is C12H10ClNO2. The molecule has 0 atom stereocenters. The number of methoxy groups -OCH3 is 1. The molecule has 0 saturated carbocycles. The van der Waals surface area contributed by atoms with Crippen LogP contribution < -0.4 is 4.74 Å². The molecule has 0 spiro atoms. The highest BCUT2D eigenvalue weighted by Crippen LogP contribution is 2.27. The van der Waals surface area contributed by atoms with Crippen LogP contribution >= 0.6 is 11.6 Å². The number of ether oxygens (including phenoxy) is 1. The molecule has 0 unspecified atom stereocenters. The summed E-state index contributed by atoms with van der Waals surface area (Å²) in [6.07, 6.45) is 2.58. The maximum atomic E-state index is 10.9. The number of aromatic nitrogens is 1. The molecule has 4 heteroatoms. The molecule has 2 aromatic rings. The summed E-state index contributed by atoms with van der Waals surface area (Å²) in [6, 6.07) is 8.80. The van der Waals surface area contributed by atoms with Crippen molar-refractivity contribution in [2.24, 2.45) is 0 Å². The van der Waals surface area contributed by atoms with E-state index in [0.717, 1.165) is 12.0 Å². The first kappa shape index (κ1) is 10.8. The van der Waals surface area contributed by atoms with Crippen LogP contribution in [0, 0.1) is 0 Å². The number of aldehydes is 1. The van der Waals surface area contributed by atoms with Gasteiger partial charge in [-0.1, -0.05) is 11.6 Å². The van der Waals surface area contributed by atoms with Gasteiger partial charge in [-0.05, 0) is 30.3 Å². The Kier molecular flexibility index (Phi) is 2.97. The van der Waals surface area contributed by atoms with Gasteiger partial charge in [-0.2, -0.15) is 0 Å². The minimum absolute atomic E-state index is 0.556. The summed E-state index contributed by atoms with van der Waals surface area (Å²) in [7, 11) is 1.58. The molecule has 3 nitrogen and oxygen atoms in total. The van der Waals surface area contributed by atoms with Gasteiger partial charge < -0.3 is 9.30 Å². The van der Waals surface area contributed by atoms with Crippen LogP contribution in [-0.2, 0) is 0 Å². The Morgan fingerprint density at radius 3 is 2.88 bits per heavy atom. The summed E-state index contributed by atoms with van der Waals surface area (Å²) in [5.41, 5.74) is 1.31. The second kappa shape index (κ2) is 4.41. The maximum absolute atomic E-state index is 10.9. The number of halogens is 1. The summed E-state index contributed by atoms with van der Waals surface area (Å²) >= 11 is 5.93. The summed E-state index contributed by atoms with van der Waals surface area (Å²) in [5, 5.41) is 0.598. The molecule has 0 N–H and O–H groups in total. The summed E-state index contributed by atoms with van der Waals surface area (Å²) in [6.45, 7) is 0. The Morgan fingerprint density at radius 2 is 2.19 bits per heavy atom. The maximum Gasteiger partial charge on any atom is 0.166 e. The van der Waals surface area contributed by atoms with Gasteiger partial charge in [0.2, 0.25) is 0 Å². The highest BCUT2D eigenvalue weighted by Gasteiger charge is 2.08. The Balaban J connectivity index is 2.62. The van der Waals surface area contributed by atoms with E-state index in [-0.39, 0.29) is 0 Å². The lowest BCUT2D eigenvalue weighted by atomic mass is 10.3. The van der Waals surface area contributed by atoms with Crippen molar-refractivity contribution in [2.75, 3.05) is 7.11 Å². The molecule has 0 aliphatic carbocycles. The molecule has 1 aromatic heterocycles. The number of nitrogens with zero attached hydrogens (tertiary/aromatic N) is 1. The van der Waals surface area contributed by atoms with Gasteiger partial charge in [0.1, 0.15) is 5.75 Å². The van der Waals surface area contributed by atoms with Gasteiger partial charge in [0.25, 0.3) is 0 Å². The van der Waals surface area contributed by atoms with Crippen LogP contribution in [0.25, 0.3) is 5.69 Å². The van der Waals surface area contributed by atoms with E-state index < -0.39 is 0 Å². The largest absolute Gasteiger partial charge is 0.495 e. The monoisotopic (exact) mass is 235 g/mol. The summed E-state index contributed by atoms with van der Waals surface area (Å²) in [4.78, 5) is 10.9. The van der Waals surface area contributed by atoms with E-state index in [1.54, 1.807) is 48.2 Å². The fraction of sp³-hybridized carbons (Fsp3) is 0.0833. The van der Waals surface area contributed by atoms with E-state index in [0.29, 0.717) is 16.5 Å². The fourth-order valence-corrected chi connectivity index (χ4v) is 1.73. The van der Waals surface area contributed by atoms with E-state index in [1.807, 2.05) is 0 Å². The van der Waals surface area contributed by atoms with Crippen molar-refractivity contribution in [2.45, 2.75) is 0 Å². The molecule has 0 bridgehead atoms. The van der Waals surface area contributed by atoms with Crippen molar-refractivity contribution in [1.82, 2.24) is 4.57 Å². The third-order valence-electron chi connectivity index (χ3n) is 2.30. The quantitative estimate of drug-likeness (QED) is 0.766. The summed E-state index contributed by atoms with van der Waals surface area (Å²) < 4.78 is 6.96. The lowest BCUT2D eigenvalue weighted by molar-refractivity contribution is 0.111. The van der Waals surface area contributed by atoms with Crippen LogP contribution in [0.2, 0.25) is 5.02 Å². The molecule has 1 heterocycles. The second-order valence-electron chi connectivity index (χ2n) is 3.24. The molecule has 2 rings (SSSR count). The average molecular weight is 236 g/mol. The van der Waals surface area contributed by atoms with Crippen LogP contribution in [0.5, 0.6) is 5.75 Å². The highest BCUT2D eigenvalue weighted by atomic mass is 35.5. The van der Waals surface area contributed by atoms with Crippen LogP contribution in [0.3, 0.4) is 0 Å². The van der Waals surface area contributed by atoms with Gasteiger partial charge in [0, 0.05) is 11.2 Å². The molecule has 0 aliphatic rings. The zero-order valence-corrected chi connectivity index (χ0v) is 9.44. The molecule has 0 radical (unpaired) electrons. The van der Waals surface area contributed by atoms with Crippen molar-refractivity contribution < 1.29 is 9.53 Å². The first-order valence-electron chi connectivity index (χ1n) is 4.72. The zero-order chi connectivity index (χ0) is 11.5. The topological polar surface area (TPSA) is 31.2 Å². The van der Waals surface area contributed by atoms with Crippen molar-refractivity contribution in [3.63, 3.8) is 0 Å². The van der Waals surface area contributed by atoms with Gasteiger partial charge >= 0.3 is 0 Å². The number of benzene rings is 1. The normalized spacial score (nSPS) is 10.1. The lowest BCUT2D eigenvalue weighted by Crippen LogP contribution is -2.00. The predicted octanol–water partition coefficient (Wildman–Crippen LogP) is 2.95. The first-order chi connectivity index (χ1) is 7.76. The first-order valence-corrected chi connectivity index (χ1v) is 5.10. The number of carbonyl (C=O) groups is 1. The van der Waals surface area contributed by atoms with Crippen molar-refractivity contribution in [1.29, 1.82) is 0 Å². The van der Waals surface area contributed by atoms with E-state index in [2.05, 4.69) is 0 Å². The van der Waals surface area contributed by atoms with E-state index in [9.17, 15) is 4.79 Å². The van der Waals surface area contributed by atoms with Crippen LogP contribution in [0.15, 0.2) is 36.5 Å². The predicted molar refractivity (Wildman–Crippen MR) is 62.7 cm³/mol. The van der Waals surface area contributed by atoms with E-state index in [1.165, 1.54) is 0 Å². The lowest BCUT2D eigenvalue weighted by Gasteiger charge is -2.11. The molecule has 0 fully saturated rings. The summed E-state index contributed by atoms with van der Waals surface area (Å²) in [5.74, 6) is 0.670. The Labute approximate surface area is 98.2 Å². The minimum atomic E-state index is 0.556. The Bertz CT molecular complexity index is 519. The van der Waals surface area contributed by atoms with Gasteiger partial charge in [-0.15, -0.1) is 0 Å². The van der Waals surface area contributed by atoms with Crippen molar-refractivity contribution in [3.05, 3.63) is 47.2 Å². The molecule has 0 saturated heterocycles. The highest BCUT2D eigenvalue weighted by molar-refractivity contribution is 6.30. The van der Waals surface area contributed by atoms with Crippen molar-refractivity contribution in [3.8, 4) is 11.4 Å². The molecule has 0 aliphatic heterocycles. The second-order valence-corrected chi connectivity index (χ2v) is 3.67. The molecule has 82 valence electrons. The third kappa shape index (κ3) is 1.82. The number of rotatable bonds is 3. The van der Waals surface area contributed by atoms with E-state index in [4.69, 9.17) is 16.3 Å².